The molecule has 2 amide bonds. The third-order valence-electron chi connectivity index (χ3n) is 3.74. The lowest BCUT2D eigenvalue weighted by Gasteiger charge is -2.09. The molecule has 0 spiro atoms. The Kier molecular flexibility index (Phi) is 6.59. The summed E-state index contributed by atoms with van der Waals surface area (Å²) in [4.78, 5) is 24.0. The summed E-state index contributed by atoms with van der Waals surface area (Å²) in [5.41, 5.74) is 6.20. The molecule has 2 N–H and O–H groups in total. The van der Waals surface area contributed by atoms with Gasteiger partial charge < -0.3 is 0 Å². The van der Waals surface area contributed by atoms with E-state index in [4.69, 9.17) is 0 Å². The zero-order chi connectivity index (χ0) is 19.8. The molecule has 0 fully saturated rings. The van der Waals surface area contributed by atoms with Gasteiger partial charge >= 0.3 is 0 Å². The van der Waals surface area contributed by atoms with Crippen LogP contribution in [-0.4, -0.2) is 32.3 Å². The number of rotatable bonds is 7. The number of aromatic nitrogens is 3. The van der Waals surface area contributed by atoms with Crippen molar-refractivity contribution >= 4 is 23.6 Å². The first-order chi connectivity index (χ1) is 13.7. The number of allylic oxidation sites excluding steroid dienone is 1. The van der Waals surface area contributed by atoms with E-state index >= 15 is 0 Å². The van der Waals surface area contributed by atoms with Crippen LogP contribution in [0.4, 0.5) is 0 Å². The Morgan fingerprint density at radius 3 is 2.36 bits per heavy atom. The Morgan fingerprint density at radius 2 is 1.68 bits per heavy atom. The van der Waals surface area contributed by atoms with Crippen molar-refractivity contribution in [3.05, 3.63) is 78.9 Å². The number of benzene rings is 2. The van der Waals surface area contributed by atoms with Gasteiger partial charge in [0.05, 0.1) is 5.75 Å². The first-order valence-corrected chi connectivity index (χ1v) is 9.54. The van der Waals surface area contributed by atoms with Crippen molar-refractivity contribution in [3.63, 3.8) is 0 Å². The molecule has 3 aromatic rings. The second-order valence-electron chi connectivity index (χ2n) is 5.73. The number of hydrogen-bond acceptors (Lipinski definition) is 5. The zero-order valence-electron chi connectivity index (χ0n) is 15.0. The van der Waals surface area contributed by atoms with Crippen molar-refractivity contribution in [2.24, 2.45) is 0 Å². The van der Waals surface area contributed by atoms with E-state index in [2.05, 4.69) is 27.6 Å². The van der Waals surface area contributed by atoms with Gasteiger partial charge in [0.2, 0.25) is 5.91 Å². The van der Waals surface area contributed by atoms with Gasteiger partial charge in [-0.3, -0.25) is 25.0 Å². The average molecular weight is 393 g/mol. The van der Waals surface area contributed by atoms with Crippen LogP contribution in [0.25, 0.3) is 11.4 Å². The van der Waals surface area contributed by atoms with Crippen LogP contribution in [0, 0.1) is 0 Å². The van der Waals surface area contributed by atoms with Crippen molar-refractivity contribution in [1.29, 1.82) is 0 Å². The van der Waals surface area contributed by atoms with Crippen LogP contribution < -0.4 is 10.9 Å². The first kappa shape index (κ1) is 19.4. The fourth-order valence-corrected chi connectivity index (χ4v) is 3.19. The molecule has 0 aliphatic carbocycles. The van der Waals surface area contributed by atoms with Crippen LogP contribution in [0.15, 0.2) is 78.5 Å². The molecule has 0 saturated heterocycles. The number of hydrogen-bond donors (Lipinski definition) is 2. The molecule has 1 heterocycles. The van der Waals surface area contributed by atoms with E-state index in [-0.39, 0.29) is 17.6 Å². The summed E-state index contributed by atoms with van der Waals surface area (Å²) in [6.07, 6.45) is 1.75. The summed E-state index contributed by atoms with van der Waals surface area (Å²) in [5.74, 6) is 0.0729. The molecule has 142 valence electrons. The molecule has 28 heavy (non-hydrogen) atoms. The van der Waals surface area contributed by atoms with E-state index in [0.717, 1.165) is 5.56 Å². The molecule has 0 bridgehead atoms. The number of carbonyl (C=O) groups excluding carboxylic acids is 2. The maximum Gasteiger partial charge on any atom is 0.269 e. The normalized spacial score (nSPS) is 10.3. The summed E-state index contributed by atoms with van der Waals surface area (Å²) in [6, 6.07) is 18.3. The quantitative estimate of drug-likeness (QED) is 0.366. The molecule has 2 aromatic carbocycles. The summed E-state index contributed by atoms with van der Waals surface area (Å²) < 4.78 is 1.89. The lowest BCUT2D eigenvalue weighted by molar-refractivity contribution is -0.119. The second kappa shape index (κ2) is 9.52. The van der Waals surface area contributed by atoms with Crippen molar-refractivity contribution in [1.82, 2.24) is 25.6 Å². The van der Waals surface area contributed by atoms with Crippen LogP contribution in [0.3, 0.4) is 0 Å². The molecule has 0 saturated carbocycles. The minimum absolute atomic E-state index is 0.0825. The van der Waals surface area contributed by atoms with Gasteiger partial charge in [0.15, 0.2) is 11.0 Å². The van der Waals surface area contributed by atoms with Crippen LogP contribution in [0.1, 0.15) is 10.4 Å². The molecule has 3 rings (SSSR count). The third-order valence-corrected chi connectivity index (χ3v) is 4.71. The van der Waals surface area contributed by atoms with Crippen LogP contribution in [0.5, 0.6) is 0 Å². The van der Waals surface area contributed by atoms with Gasteiger partial charge in [-0.25, -0.2) is 0 Å². The van der Waals surface area contributed by atoms with Gasteiger partial charge in [-0.1, -0.05) is 66.4 Å². The van der Waals surface area contributed by atoms with E-state index < -0.39 is 0 Å². The fraction of sp³-hybridized carbons (Fsp3) is 0.100. The number of nitrogens with zero attached hydrogens (tertiary/aromatic N) is 3. The highest BCUT2D eigenvalue weighted by molar-refractivity contribution is 7.99. The highest BCUT2D eigenvalue weighted by Gasteiger charge is 2.15. The van der Waals surface area contributed by atoms with Gasteiger partial charge in [-0.05, 0) is 12.1 Å². The highest BCUT2D eigenvalue weighted by Crippen LogP contribution is 2.23. The van der Waals surface area contributed by atoms with Gasteiger partial charge in [0.25, 0.3) is 5.91 Å². The van der Waals surface area contributed by atoms with Crippen molar-refractivity contribution in [2.45, 2.75) is 11.7 Å². The topological polar surface area (TPSA) is 88.9 Å². The summed E-state index contributed by atoms with van der Waals surface area (Å²) in [6.45, 7) is 4.29. The van der Waals surface area contributed by atoms with Crippen molar-refractivity contribution in [2.75, 3.05) is 5.75 Å². The molecule has 0 atom stereocenters. The van der Waals surface area contributed by atoms with Gasteiger partial charge in [0.1, 0.15) is 0 Å². The van der Waals surface area contributed by atoms with Crippen LogP contribution in [0.2, 0.25) is 0 Å². The zero-order valence-corrected chi connectivity index (χ0v) is 15.9. The summed E-state index contributed by atoms with van der Waals surface area (Å²) in [7, 11) is 0. The van der Waals surface area contributed by atoms with E-state index in [0.29, 0.717) is 23.1 Å². The molecular weight excluding hydrogens is 374 g/mol. The number of carbonyl (C=O) groups is 2. The second-order valence-corrected chi connectivity index (χ2v) is 6.67. The molecular formula is C20H19N5O2S. The van der Waals surface area contributed by atoms with Gasteiger partial charge in [0, 0.05) is 17.7 Å². The highest BCUT2D eigenvalue weighted by atomic mass is 32.2. The monoisotopic (exact) mass is 393 g/mol. The minimum atomic E-state index is -0.375. The smallest absolute Gasteiger partial charge is 0.269 e. The molecule has 8 heteroatoms. The van der Waals surface area contributed by atoms with E-state index in [1.807, 2.05) is 41.0 Å². The predicted molar refractivity (Wildman–Crippen MR) is 108 cm³/mol. The Bertz CT molecular complexity index is 957. The molecule has 0 aliphatic heterocycles. The Labute approximate surface area is 166 Å². The number of hydrazine groups is 1. The summed E-state index contributed by atoms with van der Waals surface area (Å²) in [5, 5.41) is 9.03. The standard InChI is InChI=1S/C20H19N5O2S/c1-2-13-25-18(15-9-5-3-6-10-15)22-24-20(25)28-14-17(26)21-23-19(27)16-11-7-4-8-12-16/h2-12H,1,13-14H2,(H,21,26)(H,23,27). The predicted octanol–water partition coefficient (Wildman–Crippen LogP) is 2.68. The Morgan fingerprint density at radius 1 is 1.00 bits per heavy atom. The fourth-order valence-electron chi connectivity index (χ4n) is 2.44. The SMILES string of the molecule is C=CCn1c(SCC(=O)NNC(=O)c2ccccc2)nnc1-c1ccccc1. The summed E-state index contributed by atoms with van der Waals surface area (Å²) >= 11 is 1.24. The maximum atomic E-state index is 12.1. The number of amides is 2. The Balaban J connectivity index is 1.59. The van der Waals surface area contributed by atoms with E-state index in [9.17, 15) is 9.59 Å². The van der Waals surface area contributed by atoms with Crippen molar-refractivity contribution in [3.8, 4) is 11.4 Å². The number of thioether (sulfide) groups is 1. The lowest BCUT2D eigenvalue weighted by atomic mass is 10.2. The van der Waals surface area contributed by atoms with E-state index in [1.165, 1.54) is 11.8 Å². The molecule has 0 radical (unpaired) electrons. The van der Waals surface area contributed by atoms with Crippen LogP contribution >= 0.6 is 11.8 Å². The van der Waals surface area contributed by atoms with Gasteiger partial charge in [-0.2, -0.15) is 0 Å². The molecule has 7 nitrogen and oxygen atoms in total. The van der Waals surface area contributed by atoms with Crippen molar-refractivity contribution < 1.29 is 9.59 Å². The third kappa shape index (κ3) is 4.86. The maximum absolute atomic E-state index is 12.1. The number of nitrogens with one attached hydrogen (secondary N) is 2. The Hall–Kier alpha value is -3.39. The average Bonchev–Trinajstić information content (AvgIpc) is 3.14. The largest absolute Gasteiger partial charge is 0.298 e. The molecule has 1 aromatic heterocycles. The van der Waals surface area contributed by atoms with E-state index in [1.54, 1.807) is 30.3 Å². The van der Waals surface area contributed by atoms with Gasteiger partial charge in [-0.15, -0.1) is 16.8 Å². The first-order valence-electron chi connectivity index (χ1n) is 8.55. The minimum Gasteiger partial charge on any atom is -0.298 e. The van der Waals surface area contributed by atoms with Crippen LogP contribution in [-0.2, 0) is 11.3 Å². The lowest BCUT2D eigenvalue weighted by Crippen LogP contribution is -2.42. The molecule has 0 aliphatic rings. The molecule has 0 unspecified atom stereocenters.